The predicted molar refractivity (Wildman–Crippen MR) is 68.1 cm³/mol. The van der Waals surface area contributed by atoms with Crippen LogP contribution in [0.25, 0.3) is 0 Å². The van der Waals surface area contributed by atoms with Crippen molar-refractivity contribution in [1.29, 1.82) is 0 Å². The van der Waals surface area contributed by atoms with Crippen LogP contribution in [-0.2, 0) is 0 Å². The van der Waals surface area contributed by atoms with Crippen LogP contribution >= 0.6 is 0 Å². The third-order valence-electron chi connectivity index (χ3n) is 3.99. The van der Waals surface area contributed by atoms with Crippen LogP contribution in [0.4, 0.5) is 0 Å². The smallest absolute Gasteiger partial charge is 0.00155 e. The summed E-state index contributed by atoms with van der Waals surface area (Å²) >= 11 is 0. The predicted octanol–water partition coefficient (Wildman–Crippen LogP) is 3.84. The van der Waals surface area contributed by atoms with Crippen LogP contribution in [0, 0.1) is 17.8 Å². The van der Waals surface area contributed by atoms with Gasteiger partial charge in [-0.05, 0) is 30.8 Å². The zero-order chi connectivity index (χ0) is 11.1. The van der Waals surface area contributed by atoms with Crippen molar-refractivity contribution in [3.63, 3.8) is 0 Å². The Bertz CT molecular complexity index is 145. The van der Waals surface area contributed by atoms with Gasteiger partial charge in [0, 0.05) is 0 Å². The molecule has 0 radical (unpaired) electrons. The van der Waals surface area contributed by atoms with Gasteiger partial charge in [0.05, 0.1) is 0 Å². The van der Waals surface area contributed by atoms with Gasteiger partial charge in [0.1, 0.15) is 0 Å². The molecule has 1 heteroatoms. The zero-order valence-electron chi connectivity index (χ0n) is 10.9. The number of nitrogens with one attached hydrogen (secondary N) is 1. The summed E-state index contributed by atoms with van der Waals surface area (Å²) in [6.45, 7) is 9.36. The molecule has 1 N–H and O–H groups in total. The van der Waals surface area contributed by atoms with E-state index in [0.29, 0.717) is 0 Å². The van der Waals surface area contributed by atoms with Gasteiger partial charge in [-0.2, -0.15) is 0 Å². The molecule has 0 aromatic heterocycles. The standard InChI is InChI=1S/C14H29N/c1-4-15-11-14(12(2)3)13-9-7-5-6-8-10-13/h12-15H,4-11H2,1-3H3. The van der Waals surface area contributed by atoms with Crippen LogP contribution in [0.2, 0.25) is 0 Å². The number of hydrogen-bond donors (Lipinski definition) is 1. The highest BCUT2D eigenvalue weighted by molar-refractivity contribution is 4.77. The molecule has 1 rings (SSSR count). The van der Waals surface area contributed by atoms with Crippen molar-refractivity contribution in [2.45, 2.75) is 59.3 Å². The molecule has 1 fully saturated rings. The second-order valence-electron chi connectivity index (χ2n) is 5.47. The molecule has 1 unspecified atom stereocenters. The van der Waals surface area contributed by atoms with Crippen molar-refractivity contribution >= 4 is 0 Å². The van der Waals surface area contributed by atoms with Gasteiger partial charge < -0.3 is 5.32 Å². The lowest BCUT2D eigenvalue weighted by atomic mass is 9.79. The molecule has 1 saturated carbocycles. The fraction of sp³-hybridized carbons (Fsp3) is 1.00. The maximum Gasteiger partial charge on any atom is -0.00155 e. The van der Waals surface area contributed by atoms with E-state index in [9.17, 15) is 0 Å². The summed E-state index contributed by atoms with van der Waals surface area (Å²) in [5, 5.41) is 3.55. The van der Waals surface area contributed by atoms with Crippen LogP contribution in [0.15, 0.2) is 0 Å². The van der Waals surface area contributed by atoms with Crippen LogP contribution < -0.4 is 5.32 Å². The maximum absolute atomic E-state index is 3.55. The molecule has 0 aromatic carbocycles. The Kier molecular flexibility index (Phi) is 6.31. The average Bonchev–Trinajstić information content (AvgIpc) is 2.47. The molecule has 1 aliphatic rings. The lowest BCUT2D eigenvalue weighted by molar-refractivity contribution is 0.223. The molecule has 1 aliphatic carbocycles. The lowest BCUT2D eigenvalue weighted by Gasteiger charge is -2.29. The molecular formula is C14H29N. The van der Waals surface area contributed by atoms with E-state index in [-0.39, 0.29) is 0 Å². The molecule has 0 aliphatic heterocycles. The van der Waals surface area contributed by atoms with E-state index in [1.54, 1.807) is 0 Å². The quantitative estimate of drug-likeness (QED) is 0.681. The highest BCUT2D eigenvalue weighted by atomic mass is 14.8. The summed E-state index contributed by atoms with van der Waals surface area (Å²) in [5.74, 6) is 2.74. The Morgan fingerprint density at radius 1 is 1.07 bits per heavy atom. The van der Waals surface area contributed by atoms with Gasteiger partial charge in [-0.25, -0.2) is 0 Å². The van der Waals surface area contributed by atoms with Gasteiger partial charge in [0.2, 0.25) is 0 Å². The summed E-state index contributed by atoms with van der Waals surface area (Å²) in [4.78, 5) is 0. The first-order chi connectivity index (χ1) is 7.25. The first kappa shape index (κ1) is 13.0. The van der Waals surface area contributed by atoms with Crippen molar-refractivity contribution in [2.24, 2.45) is 17.8 Å². The van der Waals surface area contributed by atoms with E-state index >= 15 is 0 Å². The largest absolute Gasteiger partial charge is 0.317 e. The molecule has 0 amide bonds. The van der Waals surface area contributed by atoms with Gasteiger partial charge in [0.15, 0.2) is 0 Å². The van der Waals surface area contributed by atoms with Crippen molar-refractivity contribution < 1.29 is 0 Å². The van der Waals surface area contributed by atoms with Gasteiger partial charge in [-0.3, -0.25) is 0 Å². The van der Waals surface area contributed by atoms with Gasteiger partial charge in [-0.1, -0.05) is 59.3 Å². The third kappa shape index (κ3) is 4.55. The topological polar surface area (TPSA) is 12.0 Å². The minimum atomic E-state index is 0.840. The number of rotatable bonds is 5. The summed E-state index contributed by atoms with van der Waals surface area (Å²) in [7, 11) is 0. The first-order valence-corrected chi connectivity index (χ1v) is 6.96. The number of hydrogen-bond acceptors (Lipinski definition) is 1. The van der Waals surface area contributed by atoms with E-state index in [1.807, 2.05) is 0 Å². The Labute approximate surface area is 96.0 Å². The molecule has 90 valence electrons. The second-order valence-corrected chi connectivity index (χ2v) is 5.47. The summed E-state index contributed by atoms with van der Waals surface area (Å²) in [6, 6.07) is 0. The average molecular weight is 211 g/mol. The Hall–Kier alpha value is -0.0400. The summed E-state index contributed by atoms with van der Waals surface area (Å²) in [6.07, 6.45) is 8.85. The highest BCUT2D eigenvalue weighted by Crippen LogP contribution is 2.32. The summed E-state index contributed by atoms with van der Waals surface area (Å²) < 4.78 is 0. The molecule has 0 bridgehead atoms. The summed E-state index contributed by atoms with van der Waals surface area (Å²) in [5.41, 5.74) is 0. The molecule has 0 heterocycles. The Balaban J connectivity index is 2.44. The van der Waals surface area contributed by atoms with Crippen molar-refractivity contribution in [3.8, 4) is 0 Å². The Morgan fingerprint density at radius 2 is 1.67 bits per heavy atom. The van der Waals surface area contributed by atoms with E-state index in [4.69, 9.17) is 0 Å². The van der Waals surface area contributed by atoms with E-state index in [2.05, 4.69) is 26.1 Å². The minimum Gasteiger partial charge on any atom is -0.317 e. The van der Waals surface area contributed by atoms with E-state index in [1.165, 1.54) is 45.1 Å². The highest BCUT2D eigenvalue weighted by Gasteiger charge is 2.24. The van der Waals surface area contributed by atoms with Crippen LogP contribution in [0.5, 0.6) is 0 Å². The second kappa shape index (κ2) is 7.27. The first-order valence-electron chi connectivity index (χ1n) is 6.96. The normalized spacial score (nSPS) is 21.6. The third-order valence-corrected chi connectivity index (χ3v) is 3.99. The lowest BCUT2D eigenvalue weighted by Crippen LogP contribution is -2.31. The Morgan fingerprint density at radius 3 is 2.13 bits per heavy atom. The monoisotopic (exact) mass is 211 g/mol. The van der Waals surface area contributed by atoms with Crippen LogP contribution in [0.1, 0.15) is 59.3 Å². The molecule has 15 heavy (non-hydrogen) atoms. The molecule has 0 saturated heterocycles. The molecular weight excluding hydrogens is 182 g/mol. The van der Waals surface area contributed by atoms with Gasteiger partial charge in [0.25, 0.3) is 0 Å². The minimum absolute atomic E-state index is 0.840. The zero-order valence-corrected chi connectivity index (χ0v) is 10.9. The fourth-order valence-corrected chi connectivity index (χ4v) is 3.00. The van der Waals surface area contributed by atoms with E-state index in [0.717, 1.165) is 24.3 Å². The maximum atomic E-state index is 3.55. The van der Waals surface area contributed by atoms with Gasteiger partial charge in [-0.15, -0.1) is 0 Å². The van der Waals surface area contributed by atoms with Crippen molar-refractivity contribution in [1.82, 2.24) is 5.32 Å². The molecule has 0 spiro atoms. The molecule has 1 atom stereocenters. The van der Waals surface area contributed by atoms with Gasteiger partial charge >= 0.3 is 0 Å². The van der Waals surface area contributed by atoms with Crippen LogP contribution in [-0.4, -0.2) is 13.1 Å². The molecule has 0 aromatic rings. The van der Waals surface area contributed by atoms with Crippen LogP contribution in [0.3, 0.4) is 0 Å². The SMILES string of the molecule is CCNCC(C(C)C)C1CCCCCC1. The van der Waals surface area contributed by atoms with Crippen molar-refractivity contribution in [3.05, 3.63) is 0 Å². The van der Waals surface area contributed by atoms with Crippen molar-refractivity contribution in [2.75, 3.05) is 13.1 Å². The fourth-order valence-electron chi connectivity index (χ4n) is 3.00. The van der Waals surface area contributed by atoms with E-state index < -0.39 is 0 Å². The molecule has 1 nitrogen and oxygen atoms in total.